The maximum Gasteiger partial charge on any atom is 0.125 e. The van der Waals surface area contributed by atoms with Gasteiger partial charge in [0.1, 0.15) is 12.4 Å². The smallest absolute Gasteiger partial charge is 0.125 e. The van der Waals surface area contributed by atoms with E-state index in [9.17, 15) is 0 Å². The van der Waals surface area contributed by atoms with Gasteiger partial charge in [0.25, 0.3) is 0 Å². The van der Waals surface area contributed by atoms with Crippen molar-refractivity contribution in [1.29, 1.82) is 0 Å². The molecule has 0 fully saturated rings. The van der Waals surface area contributed by atoms with Gasteiger partial charge in [-0.3, -0.25) is 0 Å². The fraction of sp³-hybridized carbons (Fsp3) is 0.571. The Morgan fingerprint density at radius 2 is 1.71 bits per heavy atom. The van der Waals surface area contributed by atoms with Crippen LogP contribution in [0.15, 0.2) is 12.1 Å². The van der Waals surface area contributed by atoms with Crippen LogP contribution in [-0.4, -0.2) is 19.8 Å². The molecule has 0 atom stereocenters. The summed E-state index contributed by atoms with van der Waals surface area (Å²) in [5, 5.41) is 0. The molecule has 0 amide bonds. The Morgan fingerprint density at radius 3 is 2.29 bits per heavy atom. The molecule has 0 saturated carbocycles. The van der Waals surface area contributed by atoms with Crippen molar-refractivity contribution in [2.45, 2.75) is 33.6 Å². The maximum atomic E-state index is 5.76. The van der Waals surface area contributed by atoms with Gasteiger partial charge in [-0.05, 0) is 43.5 Å². The molecule has 0 radical (unpaired) electrons. The Balaban J connectivity index is 2.36. The fourth-order valence-electron chi connectivity index (χ4n) is 1.76. The van der Waals surface area contributed by atoms with Crippen molar-refractivity contribution in [3.63, 3.8) is 0 Å². The molecule has 0 aliphatic rings. The summed E-state index contributed by atoms with van der Waals surface area (Å²) in [5.41, 5.74) is 8.70. The molecule has 3 nitrogen and oxygen atoms in total. The van der Waals surface area contributed by atoms with Crippen LogP contribution in [0.2, 0.25) is 0 Å². The largest absolute Gasteiger partial charge is 0.491 e. The van der Waals surface area contributed by atoms with E-state index in [0.717, 1.165) is 42.0 Å². The minimum absolute atomic E-state index is 0.593. The van der Waals surface area contributed by atoms with Gasteiger partial charge in [-0.2, -0.15) is 0 Å². The summed E-state index contributed by atoms with van der Waals surface area (Å²) >= 11 is 0. The van der Waals surface area contributed by atoms with Crippen LogP contribution in [0.4, 0.5) is 5.69 Å². The van der Waals surface area contributed by atoms with Crippen molar-refractivity contribution < 1.29 is 9.47 Å². The van der Waals surface area contributed by atoms with Crippen LogP contribution in [0, 0.1) is 13.8 Å². The Hall–Kier alpha value is -1.22. The summed E-state index contributed by atoms with van der Waals surface area (Å²) in [4.78, 5) is 0. The van der Waals surface area contributed by atoms with Gasteiger partial charge in [0.15, 0.2) is 0 Å². The normalized spacial score (nSPS) is 10.5. The highest BCUT2D eigenvalue weighted by Gasteiger charge is 2.04. The second-order valence-electron chi connectivity index (χ2n) is 4.30. The van der Waals surface area contributed by atoms with E-state index in [1.54, 1.807) is 0 Å². The highest BCUT2D eigenvalue weighted by molar-refractivity contribution is 5.52. The first-order chi connectivity index (χ1) is 8.15. The van der Waals surface area contributed by atoms with E-state index < -0.39 is 0 Å². The average molecular weight is 237 g/mol. The van der Waals surface area contributed by atoms with Crippen molar-refractivity contribution in [3.8, 4) is 5.75 Å². The minimum atomic E-state index is 0.593. The molecule has 2 N–H and O–H groups in total. The summed E-state index contributed by atoms with van der Waals surface area (Å²) in [7, 11) is 0. The number of anilines is 1. The first kappa shape index (κ1) is 13.8. The topological polar surface area (TPSA) is 44.5 Å². The minimum Gasteiger partial charge on any atom is -0.491 e. The predicted octanol–water partition coefficient (Wildman–Crippen LogP) is 3.08. The van der Waals surface area contributed by atoms with E-state index in [1.165, 1.54) is 0 Å². The Labute approximate surface area is 104 Å². The van der Waals surface area contributed by atoms with E-state index >= 15 is 0 Å². The van der Waals surface area contributed by atoms with Gasteiger partial charge in [0.2, 0.25) is 0 Å². The molecule has 0 bridgehead atoms. The van der Waals surface area contributed by atoms with Gasteiger partial charge < -0.3 is 15.2 Å². The molecule has 1 aromatic carbocycles. The molecule has 0 unspecified atom stereocenters. The van der Waals surface area contributed by atoms with Crippen LogP contribution < -0.4 is 10.5 Å². The highest BCUT2D eigenvalue weighted by Crippen LogP contribution is 2.25. The molecule has 0 heterocycles. The number of rotatable bonds is 7. The number of hydrogen-bond acceptors (Lipinski definition) is 3. The van der Waals surface area contributed by atoms with E-state index in [2.05, 4.69) is 6.92 Å². The van der Waals surface area contributed by atoms with Gasteiger partial charge in [-0.25, -0.2) is 0 Å². The number of nitrogen functional groups attached to an aromatic ring is 1. The van der Waals surface area contributed by atoms with Crippen molar-refractivity contribution >= 4 is 5.69 Å². The van der Waals surface area contributed by atoms with Gasteiger partial charge in [0, 0.05) is 12.3 Å². The van der Waals surface area contributed by atoms with Crippen LogP contribution in [-0.2, 0) is 4.74 Å². The third-order valence-electron chi connectivity index (χ3n) is 2.60. The number of hydrogen-bond donors (Lipinski definition) is 1. The van der Waals surface area contributed by atoms with Crippen LogP contribution in [0.25, 0.3) is 0 Å². The van der Waals surface area contributed by atoms with Crippen LogP contribution in [0.1, 0.15) is 30.9 Å². The zero-order chi connectivity index (χ0) is 12.7. The van der Waals surface area contributed by atoms with Crippen molar-refractivity contribution in [3.05, 3.63) is 23.3 Å². The van der Waals surface area contributed by atoms with Crippen molar-refractivity contribution in [2.75, 3.05) is 25.6 Å². The number of unbranched alkanes of at least 4 members (excludes halogenated alkanes) is 1. The average Bonchev–Trinajstić information content (AvgIpc) is 2.26. The quantitative estimate of drug-likeness (QED) is 0.585. The third-order valence-corrected chi connectivity index (χ3v) is 2.60. The van der Waals surface area contributed by atoms with Crippen molar-refractivity contribution in [2.24, 2.45) is 0 Å². The van der Waals surface area contributed by atoms with Gasteiger partial charge in [0.05, 0.1) is 6.61 Å². The summed E-state index contributed by atoms with van der Waals surface area (Å²) < 4.78 is 11.2. The number of benzene rings is 1. The molecule has 0 aliphatic carbocycles. The van der Waals surface area contributed by atoms with Crippen LogP contribution in [0.3, 0.4) is 0 Å². The Bertz CT molecular complexity index is 327. The third kappa shape index (κ3) is 4.65. The summed E-state index contributed by atoms with van der Waals surface area (Å²) in [6, 6.07) is 3.86. The molecule has 0 aromatic heterocycles. The van der Waals surface area contributed by atoms with Gasteiger partial charge >= 0.3 is 0 Å². The molecule has 0 spiro atoms. The fourth-order valence-corrected chi connectivity index (χ4v) is 1.76. The molecule has 0 aliphatic heterocycles. The first-order valence-electron chi connectivity index (χ1n) is 6.22. The summed E-state index contributed by atoms with van der Waals surface area (Å²) in [5.74, 6) is 0.929. The van der Waals surface area contributed by atoms with E-state index in [-0.39, 0.29) is 0 Å². The highest BCUT2D eigenvalue weighted by atomic mass is 16.5. The Morgan fingerprint density at radius 1 is 1.06 bits per heavy atom. The number of ether oxygens (including phenoxy) is 2. The summed E-state index contributed by atoms with van der Waals surface area (Å²) in [6.45, 7) is 8.23. The zero-order valence-corrected chi connectivity index (χ0v) is 11.1. The van der Waals surface area contributed by atoms with Gasteiger partial charge in [-0.15, -0.1) is 0 Å². The second kappa shape index (κ2) is 7.17. The maximum absolute atomic E-state index is 5.76. The van der Waals surface area contributed by atoms with Crippen LogP contribution in [0.5, 0.6) is 5.75 Å². The van der Waals surface area contributed by atoms with Crippen molar-refractivity contribution in [1.82, 2.24) is 0 Å². The second-order valence-corrected chi connectivity index (χ2v) is 4.30. The standard InChI is InChI=1S/C14H23NO2/c1-4-5-6-16-7-8-17-14-11(2)9-13(15)10-12(14)3/h9-10H,4-8,15H2,1-3H3. The Kier molecular flexibility index (Phi) is 5.84. The van der Waals surface area contributed by atoms with Crippen LogP contribution >= 0.6 is 0 Å². The molecule has 17 heavy (non-hydrogen) atoms. The zero-order valence-electron chi connectivity index (χ0n) is 11.1. The molecule has 96 valence electrons. The van der Waals surface area contributed by atoms with E-state index in [0.29, 0.717) is 13.2 Å². The monoisotopic (exact) mass is 237 g/mol. The first-order valence-corrected chi connectivity index (χ1v) is 6.22. The lowest BCUT2D eigenvalue weighted by Crippen LogP contribution is -2.09. The molecular weight excluding hydrogens is 214 g/mol. The molecule has 3 heteroatoms. The predicted molar refractivity (Wildman–Crippen MR) is 71.6 cm³/mol. The summed E-state index contributed by atoms with van der Waals surface area (Å²) in [6.07, 6.45) is 2.27. The van der Waals surface area contributed by atoms with Gasteiger partial charge in [-0.1, -0.05) is 13.3 Å². The molecule has 1 rings (SSSR count). The van der Waals surface area contributed by atoms with E-state index in [1.807, 2.05) is 26.0 Å². The van der Waals surface area contributed by atoms with E-state index in [4.69, 9.17) is 15.2 Å². The molecule has 1 aromatic rings. The molecule has 0 saturated heterocycles. The lowest BCUT2D eigenvalue weighted by molar-refractivity contribution is 0.0976. The number of nitrogens with two attached hydrogens (primary N) is 1. The SMILES string of the molecule is CCCCOCCOc1c(C)cc(N)cc1C. The lowest BCUT2D eigenvalue weighted by Gasteiger charge is -2.13. The molecular formula is C14H23NO2. The number of aryl methyl sites for hydroxylation is 2. The lowest BCUT2D eigenvalue weighted by atomic mass is 10.1.